The molecule has 60 valence electrons. The van der Waals surface area contributed by atoms with Crippen LogP contribution in [0.1, 0.15) is 0 Å². The summed E-state index contributed by atoms with van der Waals surface area (Å²) in [6.07, 6.45) is 0. The standard InChI is InChI=1S/C5H5ClN2O2S/c6-4-2-1-3-5(7-4)8-11(9)10/h1-3H,(H,7,8)(H,9,10). The second-order valence-electron chi connectivity index (χ2n) is 1.70. The Morgan fingerprint density at radius 2 is 2.36 bits per heavy atom. The van der Waals surface area contributed by atoms with Gasteiger partial charge in [0.05, 0.1) is 0 Å². The first-order valence-corrected chi connectivity index (χ1v) is 4.17. The van der Waals surface area contributed by atoms with E-state index in [-0.39, 0.29) is 11.0 Å². The second kappa shape index (κ2) is 3.66. The van der Waals surface area contributed by atoms with Crippen LogP contribution in [0.2, 0.25) is 5.15 Å². The highest BCUT2D eigenvalue weighted by Crippen LogP contribution is 2.08. The average molecular weight is 193 g/mol. The highest BCUT2D eigenvalue weighted by Gasteiger charge is 1.96. The Balaban J connectivity index is 2.79. The third-order valence-corrected chi connectivity index (χ3v) is 1.50. The van der Waals surface area contributed by atoms with Gasteiger partial charge in [-0.3, -0.25) is 9.27 Å². The third kappa shape index (κ3) is 2.83. The van der Waals surface area contributed by atoms with Gasteiger partial charge in [-0.2, -0.15) is 0 Å². The first-order chi connectivity index (χ1) is 5.18. The summed E-state index contributed by atoms with van der Waals surface area (Å²) in [5, 5.41) is 0.278. The number of nitrogens with zero attached hydrogens (tertiary/aromatic N) is 1. The van der Waals surface area contributed by atoms with Crippen LogP contribution in [0.5, 0.6) is 0 Å². The maximum Gasteiger partial charge on any atom is 0.260 e. The van der Waals surface area contributed by atoms with Gasteiger partial charge in [-0.1, -0.05) is 17.7 Å². The van der Waals surface area contributed by atoms with Gasteiger partial charge in [-0.25, -0.2) is 9.19 Å². The number of anilines is 1. The van der Waals surface area contributed by atoms with Crippen LogP contribution in [0, 0.1) is 0 Å². The summed E-state index contributed by atoms with van der Waals surface area (Å²) >= 11 is 3.40. The molecular weight excluding hydrogens is 188 g/mol. The molecular formula is C5H5ClN2O2S. The number of pyridine rings is 1. The van der Waals surface area contributed by atoms with E-state index in [2.05, 4.69) is 9.71 Å². The van der Waals surface area contributed by atoms with E-state index in [0.717, 1.165) is 0 Å². The van der Waals surface area contributed by atoms with Crippen LogP contribution in [0.4, 0.5) is 5.82 Å². The lowest BCUT2D eigenvalue weighted by Crippen LogP contribution is -2.03. The van der Waals surface area contributed by atoms with Crippen molar-refractivity contribution in [3.05, 3.63) is 23.4 Å². The van der Waals surface area contributed by atoms with Crippen molar-refractivity contribution >= 4 is 28.7 Å². The molecule has 0 fully saturated rings. The van der Waals surface area contributed by atoms with Gasteiger partial charge < -0.3 is 0 Å². The predicted molar refractivity (Wildman–Crippen MR) is 43.6 cm³/mol. The molecule has 0 saturated heterocycles. The van der Waals surface area contributed by atoms with Crippen LogP contribution >= 0.6 is 11.6 Å². The number of hydrogen-bond acceptors (Lipinski definition) is 2. The maximum absolute atomic E-state index is 10.2. The Hall–Kier alpha value is -0.650. The molecule has 0 aliphatic rings. The predicted octanol–water partition coefficient (Wildman–Crippen LogP) is 1.28. The Morgan fingerprint density at radius 3 is 2.91 bits per heavy atom. The quantitative estimate of drug-likeness (QED) is 0.548. The first-order valence-electron chi connectivity index (χ1n) is 2.68. The molecule has 0 amide bonds. The van der Waals surface area contributed by atoms with Gasteiger partial charge >= 0.3 is 0 Å². The van der Waals surface area contributed by atoms with Crippen molar-refractivity contribution in [1.29, 1.82) is 0 Å². The van der Waals surface area contributed by atoms with E-state index >= 15 is 0 Å². The lowest BCUT2D eigenvalue weighted by atomic mass is 10.5. The van der Waals surface area contributed by atoms with Gasteiger partial charge in [-0.15, -0.1) is 0 Å². The number of aromatic nitrogens is 1. The number of nitrogens with one attached hydrogen (secondary N) is 1. The normalized spacial score (nSPS) is 12.5. The van der Waals surface area contributed by atoms with Gasteiger partial charge in [-0.05, 0) is 12.1 Å². The second-order valence-corrected chi connectivity index (χ2v) is 2.79. The van der Waals surface area contributed by atoms with Crippen LogP contribution < -0.4 is 4.72 Å². The zero-order valence-electron chi connectivity index (χ0n) is 5.32. The van der Waals surface area contributed by atoms with E-state index in [1.807, 2.05) is 0 Å². The van der Waals surface area contributed by atoms with Crippen molar-refractivity contribution in [3.8, 4) is 0 Å². The summed E-state index contributed by atoms with van der Waals surface area (Å²) in [6, 6.07) is 4.75. The van der Waals surface area contributed by atoms with Crippen LogP contribution in [0.25, 0.3) is 0 Å². The fourth-order valence-electron chi connectivity index (χ4n) is 0.555. The Kier molecular flexibility index (Phi) is 2.81. The van der Waals surface area contributed by atoms with Crippen LogP contribution in [-0.4, -0.2) is 13.7 Å². The Bertz CT molecular complexity index is 281. The minimum Gasteiger partial charge on any atom is -0.289 e. The molecule has 1 heterocycles. The van der Waals surface area contributed by atoms with E-state index in [4.69, 9.17) is 16.2 Å². The SMILES string of the molecule is O=S(O)Nc1cccc(Cl)n1. The van der Waals surface area contributed by atoms with Gasteiger partial charge in [0.1, 0.15) is 11.0 Å². The molecule has 0 aliphatic heterocycles. The van der Waals surface area contributed by atoms with Crippen molar-refractivity contribution < 1.29 is 8.76 Å². The highest BCUT2D eigenvalue weighted by molar-refractivity contribution is 7.80. The molecule has 0 aliphatic carbocycles. The zero-order chi connectivity index (χ0) is 8.27. The van der Waals surface area contributed by atoms with Crippen molar-refractivity contribution in [2.45, 2.75) is 0 Å². The molecule has 1 aromatic heterocycles. The fraction of sp³-hybridized carbons (Fsp3) is 0. The van der Waals surface area contributed by atoms with E-state index < -0.39 is 11.3 Å². The molecule has 0 bridgehead atoms. The molecule has 11 heavy (non-hydrogen) atoms. The third-order valence-electron chi connectivity index (χ3n) is 0.907. The van der Waals surface area contributed by atoms with E-state index in [1.54, 1.807) is 18.2 Å². The Labute approximate surface area is 71.0 Å². The topological polar surface area (TPSA) is 62.2 Å². The molecule has 0 saturated carbocycles. The first kappa shape index (κ1) is 8.45. The number of halogens is 1. The monoisotopic (exact) mass is 192 g/mol. The van der Waals surface area contributed by atoms with Crippen molar-refractivity contribution in [3.63, 3.8) is 0 Å². The number of hydrogen-bond donors (Lipinski definition) is 2. The molecule has 6 heteroatoms. The van der Waals surface area contributed by atoms with Crippen molar-refractivity contribution in [2.24, 2.45) is 0 Å². The van der Waals surface area contributed by atoms with Gasteiger partial charge in [0, 0.05) is 0 Å². The summed E-state index contributed by atoms with van der Waals surface area (Å²) in [6.45, 7) is 0. The summed E-state index contributed by atoms with van der Waals surface area (Å²) in [7, 11) is 0. The molecule has 1 unspecified atom stereocenters. The average Bonchev–Trinajstić information content (AvgIpc) is 1.85. The molecule has 1 aromatic rings. The summed E-state index contributed by atoms with van der Waals surface area (Å²) in [5.74, 6) is 0.276. The van der Waals surface area contributed by atoms with E-state index in [9.17, 15) is 4.21 Å². The van der Waals surface area contributed by atoms with Crippen LogP contribution in [-0.2, 0) is 11.3 Å². The molecule has 1 rings (SSSR count). The fourth-order valence-corrected chi connectivity index (χ4v) is 1.01. The smallest absolute Gasteiger partial charge is 0.260 e. The van der Waals surface area contributed by atoms with Crippen molar-refractivity contribution in [2.75, 3.05) is 4.72 Å². The van der Waals surface area contributed by atoms with Gasteiger partial charge in [0.2, 0.25) is 0 Å². The molecule has 0 spiro atoms. The molecule has 2 N–H and O–H groups in total. The van der Waals surface area contributed by atoms with E-state index in [1.165, 1.54) is 0 Å². The zero-order valence-corrected chi connectivity index (χ0v) is 6.89. The molecule has 1 atom stereocenters. The van der Waals surface area contributed by atoms with Crippen molar-refractivity contribution in [1.82, 2.24) is 4.98 Å². The lowest BCUT2D eigenvalue weighted by molar-refractivity contribution is 0.570. The van der Waals surface area contributed by atoms with E-state index in [0.29, 0.717) is 0 Å². The van der Waals surface area contributed by atoms with Gasteiger partial charge in [0.15, 0.2) is 0 Å². The van der Waals surface area contributed by atoms with Crippen LogP contribution in [0.3, 0.4) is 0 Å². The minimum absolute atomic E-state index is 0.276. The summed E-state index contributed by atoms with van der Waals surface area (Å²) in [5.41, 5.74) is 0. The van der Waals surface area contributed by atoms with Gasteiger partial charge in [0.25, 0.3) is 11.3 Å². The van der Waals surface area contributed by atoms with Crippen LogP contribution in [0.15, 0.2) is 18.2 Å². The maximum atomic E-state index is 10.2. The minimum atomic E-state index is -2.10. The molecule has 4 nitrogen and oxygen atoms in total. The molecule has 0 aromatic carbocycles. The largest absolute Gasteiger partial charge is 0.289 e. The number of rotatable bonds is 2. The highest BCUT2D eigenvalue weighted by atomic mass is 35.5. The lowest BCUT2D eigenvalue weighted by Gasteiger charge is -1.98. The molecule has 0 radical (unpaired) electrons. The summed E-state index contributed by atoms with van der Waals surface area (Å²) in [4.78, 5) is 3.71. The Morgan fingerprint density at radius 1 is 1.64 bits per heavy atom. The summed E-state index contributed by atoms with van der Waals surface area (Å²) < 4.78 is 20.7.